The Morgan fingerprint density at radius 1 is 1.33 bits per heavy atom. The summed E-state index contributed by atoms with van der Waals surface area (Å²) >= 11 is 3.52. The number of nitrogens with one attached hydrogen (secondary N) is 1. The number of hydrogen-bond donors (Lipinski definition) is 1. The molecule has 0 aliphatic heterocycles. The number of anilines is 2. The van der Waals surface area contributed by atoms with Crippen molar-refractivity contribution in [1.29, 1.82) is 0 Å². The summed E-state index contributed by atoms with van der Waals surface area (Å²) in [6.07, 6.45) is 7.27. The lowest BCUT2D eigenvalue weighted by atomic mass is 10.2. The minimum absolute atomic E-state index is 0.579. The average molecular weight is 350 g/mol. The summed E-state index contributed by atoms with van der Waals surface area (Å²) in [4.78, 5) is 4.63. The molecular formula is C16H20BrN3O. The molecule has 1 fully saturated rings. The molecule has 21 heavy (non-hydrogen) atoms. The van der Waals surface area contributed by atoms with Crippen LogP contribution in [0.25, 0.3) is 0 Å². The number of hydrogen-bond acceptors (Lipinski definition) is 3. The summed E-state index contributed by atoms with van der Waals surface area (Å²) in [6, 6.07) is 6.55. The van der Waals surface area contributed by atoms with Gasteiger partial charge in [0.15, 0.2) is 0 Å². The van der Waals surface area contributed by atoms with E-state index in [1.54, 1.807) is 7.11 Å². The molecule has 0 saturated heterocycles. The lowest BCUT2D eigenvalue weighted by Gasteiger charge is -2.16. The third-order valence-electron chi connectivity index (χ3n) is 3.98. The molecule has 1 aliphatic carbocycles. The van der Waals surface area contributed by atoms with Gasteiger partial charge in [0, 0.05) is 17.9 Å². The fourth-order valence-corrected chi connectivity index (χ4v) is 3.48. The topological polar surface area (TPSA) is 39.1 Å². The van der Waals surface area contributed by atoms with Crippen LogP contribution in [0.15, 0.2) is 28.9 Å². The van der Waals surface area contributed by atoms with Crippen molar-refractivity contribution in [1.82, 2.24) is 9.55 Å². The highest BCUT2D eigenvalue weighted by Gasteiger charge is 2.20. The third-order valence-corrected chi connectivity index (χ3v) is 4.60. The van der Waals surface area contributed by atoms with Gasteiger partial charge in [0.1, 0.15) is 5.75 Å². The fraction of sp³-hybridized carbons (Fsp3) is 0.438. The van der Waals surface area contributed by atoms with E-state index in [0.717, 1.165) is 27.6 Å². The van der Waals surface area contributed by atoms with Crippen molar-refractivity contribution < 1.29 is 4.74 Å². The summed E-state index contributed by atoms with van der Waals surface area (Å²) in [6.45, 7) is 2.04. The van der Waals surface area contributed by atoms with E-state index in [4.69, 9.17) is 4.74 Å². The molecule has 1 aromatic carbocycles. The van der Waals surface area contributed by atoms with Crippen LogP contribution in [0.2, 0.25) is 0 Å². The van der Waals surface area contributed by atoms with Crippen LogP contribution in [-0.2, 0) is 0 Å². The van der Waals surface area contributed by atoms with Gasteiger partial charge in [0.25, 0.3) is 0 Å². The van der Waals surface area contributed by atoms with E-state index in [2.05, 4.69) is 37.0 Å². The second-order valence-electron chi connectivity index (χ2n) is 5.53. The fourth-order valence-electron chi connectivity index (χ4n) is 2.94. The van der Waals surface area contributed by atoms with Crippen LogP contribution in [0.4, 0.5) is 11.6 Å². The van der Waals surface area contributed by atoms with Crippen LogP contribution in [0, 0.1) is 6.92 Å². The van der Waals surface area contributed by atoms with Gasteiger partial charge in [-0.1, -0.05) is 12.8 Å². The van der Waals surface area contributed by atoms with Gasteiger partial charge >= 0.3 is 0 Å². The van der Waals surface area contributed by atoms with Crippen LogP contribution in [-0.4, -0.2) is 16.7 Å². The number of nitrogens with zero attached hydrogens (tertiary/aromatic N) is 2. The van der Waals surface area contributed by atoms with Gasteiger partial charge in [-0.05, 0) is 53.9 Å². The van der Waals surface area contributed by atoms with Gasteiger partial charge in [-0.25, -0.2) is 4.98 Å². The molecule has 0 unspecified atom stereocenters. The number of ether oxygens (including phenoxy) is 1. The van der Waals surface area contributed by atoms with Gasteiger partial charge in [0.05, 0.1) is 17.3 Å². The molecule has 1 aromatic heterocycles. The largest absolute Gasteiger partial charge is 0.496 e. The Morgan fingerprint density at radius 3 is 2.76 bits per heavy atom. The van der Waals surface area contributed by atoms with Crippen LogP contribution in [0.1, 0.15) is 37.4 Å². The summed E-state index contributed by atoms with van der Waals surface area (Å²) in [7, 11) is 1.67. The molecule has 2 aromatic rings. The standard InChI is InChI=1S/C16H20BrN3O/c1-11-10-20(13-5-3-4-6-13)16(18-11)19-12-7-8-15(21-2)14(17)9-12/h7-10,13H,3-6H2,1-2H3,(H,18,19). The van der Waals surface area contributed by atoms with E-state index in [0.29, 0.717) is 6.04 Å². The maximum Gasteiger partial charge on any atom is 0.207 e. The highest BCUT2D eigenvalue weighted by molar-refractivity contribution is 9.10. The predicted octanol–water partition coefficient (Wildman–Crippen LogP) is 4.82. The van der Waals surface area contributed by atoms with Crippen LogP contribution >= 0.6 is 15.9 Å². The minimum Gasteiger partial charge on any atom is -0.496 e. The third kappa shape index (κ3) is 3.07. The van der Waals surface area contributed by atoms with Crippen LogP contribution in [0.3, 0.4) is 0 Å². The highest BCUT2D eigenvalue weighted by atomic mass is 79.9. The quantitative estimate of drug-likeness (QED) is 0.859. The molecule has 1 heterocycles. The molecule has 0 amide bonds. The summed E-state index contributed by atoms with van der Waals surface area (Å²) in [5.74, 6) is 1.76. The molecule has 0 atom stereocenters. The molecule has 5 heteroatoms. The normalized spacial score (nSPS) is 15.4. The number of benzene rings is 1. The molecule has 112 valence electrons. The zero-order chi connectivity index (χ0) is 14.8. The monoisotopic (exact) mass is 349 g/mol. The number of methoxy groups -OCH3 is 1. The van der Waals surface area contributed by atoms with E-state index in [9.17, 15) is 0 Å². The molecule has 0 spiro atoms. The van der Waals surface area contributed by atoms with Crippen molar-refractivity contribution >= 4 is 27.6 Å². The van der Waals surface area contributed by atoms with Gasteiger partial charge in [0.2, 0.25) is 5.95 Å². The van der Waals surface area contributed by atoms with Crippen molar-refractivity contribution in [3.05, 3.63) is 34.6 Å². The van der Waals surface area contributed by atoms with Crippen molar-refractivity contribution in [2.45, 2.75) is 38.6 Å². The lowest BCUT2D eigenvalue weighted by Crippen LogP contribution is -2.07. The van der Waals surface area contributed by atoms with Gasteiger partial charge in [-0.15, -0.1) is 0 Å². The Bertz CT molecular complexity index is 632. The number of halogens is 1. The smallest absolute Gasteiger partial charge is 0.207 e. The summed E-state index contributed by atoms with van der Waals surface area (Å²) in [5.41, 5.74) is 2.06. The Hall–Kier alpha value is -1.49. The molecule has 1 saturated carbocycles. The van der Waals surface area contributed by atoms with Crippen molar-refractivity contribution in [3.63, 3.8) is 0 Å². The van der Waals surface area contributed by atoms with Crippen LogP contribution in [0.5, 0.6) is 5.75 Å². The summed E-state index contributed by atoms with van der Waals surface area (Å²) in [5, 5.41) is 3.43. The van der Waals surface area contributed by atoms with E-state index in [-0.39, 0.29) is 0 Å². The Morgan fingerprint density at radius 2 is 2.10 bits per heavy atom. The number of aromatic nitrogens is 2. The molecule has 0 radical (unpaired) electrons. The van der Waals surface area contributed by atoms with E-state index in [1.165, 1.54) is 25.7 Å². The maximum atomic E-state index is 5.26. The second-order valence-corrected chi connectivity index (χ2v) is 6.38. The SMILES string of the molecule is COc1ccc(Nc2nc(C)cn2C2CCCC2)cc1Br. The Balaban J connectivity index is 1.85. The Labute approximate surface area is 133 Å². The van der Waals surface area contributed by atoms with Crippen LogP contribution < -0.4 is 10.1 Å². The number of rotatable bonds is 4. The Kier molecular flexibility index (Phi) is 4.19. The predicted molar refractivity (Wildman–Crippen MR) is 88.4 cm³/mol. The summed E-state index contributed by atoms with van der Waals surface area (Å²) < 4.78 is 8.49. The van der Waals surface area contributed by atoms with Crippen molar-refractivity contribution in [3.8, 4) is 5.75 Å². The van der Waals surface area contributed by atoms with Gasteiger partial charge in [-0.2, -0.15) is 0 Å². The number of aryl methyl sites for hydroxylation is 1. The molecule has 3 rings (SSSR count). The lowest BCUT2D eigenvalue weighted by molar-refractivity contribution is 0.412. The first-order valence-electron chi connectivity index (χ1n) is 7.33. The maximum absolute atomic E-state index is 5.26. The van der Waals surface area contributed by atoms with E-state index >= 15 is 0 Å². The molecular weight excluding hydrogens is 330 g/mol. The first-order chi connectivity index (χ1) is 10.2. The van der Waals surface area contributed by atoms with Crippen molar-refractivity contribution in [2.24, 2.45) is 0 Å². The van der Waals surface area contributed by atoms with E-state index < -0.39 is 0 Å². The first-order valence-corrected chi connectivity index (χ1v) is 8.12. The van der Waals surface area contributed by atoms with Gasteiger partial charge < -0.3 is 14.6 Å². The molecule has 1 aliphatic rings. The molecule has 0 bridgehead atoms. The molecule has 4 nitrogen and oxygen atoms in total. The number of imidazole rings is 1. The zero-order valence-corrected chi connectivity index (χ0v) is 14.0. The van der Waals surface area contributed by atoms with Gasteiger partial charge in [-0.3, -0.25) is 0 Å². The first kappa shape index (κ1) is 14.4. The highest BCUT2D eigenvalue weighted by Crippen LogP contribution is 2.34. The zero-order valence-electron chi connectivity index (χ0n) is 12.4. The van der Waals surface area contributed by atoms with Crippen molar-refractivity contribution in [2.75, 3.05) is 12.4 Å². The van der Waals surface area contributed by atoms with E-state index in [1.807, 2.05) is 25.1 Å². The molecule has 1 N–H and O–H groups in total. The second kappa shape index (κ2) is 6.10. The average Bonchev–Trinajstić information content (AvgIpc) is 3.08. The minimum atomic E-state index is 0.579.